The highest BCUT2D eigenvalue weighted by Crippen LogP contribution is 2.20. The number of nitrogens with one attached hydrogen (secondary N) is 2. The summed E-state index contributed by atoms with van der Waals surface area (Å²) in [6.07, 6.45) is 3.05. The fourth-order valence-electron chi connectivity index (χ4n) is 3.40. The molecule has 1 fully saturated rings. The quantitative estimate of drug-likeness (QED) is 0.829. The lowest BCUT2D eigenvalue weighted by molar-refractivity contribution is -0.133. The monoisotopic (exact) mass is 344 g/mol. The Morgan fingerprint density at radius 3 is 2.68 bits per heavy atom. The summed E-state index contributed by atoms with van der Waals surface area (Å²) in [4.78, 5) is 41.6. The number of piperidine rings is 1. The van der Waals surface area contributed by atoms with Crippen molar-refractivity contribution in [1.82, 2.24) is 19.8 Å². The van der Waals surface area contributed by atoms with Crippen LogP contribution >= 0.6 is 0 Å². The molecule has 0 unspecified atom stereocenters. The number of fused-ring (bicyclic) bond motifs is 1. The zero-order valence-electron chi connectivity index (χ0n) is 14.5. The number of rotatable bonds is 5. The molecular formula is C18H24N4O3. The normalized spacial score (nSPS) is 15.6. The molecule has 3 rings (SSSR count). The molecule has 134 valence electrons. The van der Waals surface area contributed by atoms with Crippen LogP contribution in [-0.4, -0.2) is 47.0 Å². The molecule has 0 bridgehead atoms. The first-order chi connectivity index (χ1) is 12.1. The van der Waals surface area contributed by atoms with Gasteiger partial charge in [0.1, 0.15) is 6.54 Å². The first-order valence-electron chi connectivity index (χ1n) is 8.74. The van der Waals surface area contributed by atoms with E-state index in [1.807, 2.05) is 7.05 Å². The van der Waals surface area contributed by atoms with E-state index < -0.39 is 11.2 Å². The van der Waals surface area contributed by atoms with Gasteiger partial charge in [0, 0.05) is 13.1 Å². The Morgan fingerprint density at radius 2 is 1.96 bits per heavy atom. The molecule has 0 spiro atoms. The van der Waals surface area contributed by atoms with Crippen LogP contribution in [0.25, 0.3) is 10.9 Å². The van der Waals surface area contributed by atoms with Crippen LogP contribution in [0.4, 0.5) is 0 Å². The Balaban J connectivity index is 1.71. The standard InChI is InChI=1S/C18H24N4O3/c1-19-9-6-13-7-10-21(11-8-13)16(23)12-22-17(24)14-4-2-3-5-15(14)20-18(22)25/h2-5,13,19H,6-12H2,1H3,(H,20,25). The highest BCUT2D eigenvalue weighted by molar-refractivity contribution is 5.79. The van der Waals surface area contributed by atoms with Crippen LogP contribution < -0.4 is 16.6 Å². The third kappa shape index (κ3) is 3.82. The second-order valence-electron chi connectivity index (χ2n) is 6.58. The summed E-state index contributed by atoms with van der Waals surface area (Å²) in [6, 6.07) is 6.83. The van der Waals surface area contributed by atoms with Crippen LogP contribution in [0.2, 0.25) is 0 Å². The number of carbonyl (C=O) groups is 1. The van der Waals surface area contributed by atoms with Gasteiger partial charge in [-0.05, 0) is 50.9 Å². The van der Waals surface area contributed by atoms with E-state index >= 15 is 0 Å². The minimum atomic E-state index is -0.541. The van der Waals surface area contributed by atoms with Gasteiger partial charge in [0.2, 0.25) is 5.91 Å². The summed E-state index contributed by atoms with van der Waals surface area (Å²) in [6.45, 7) is 2.15. The van der Waals surface area contributed by atoms with Crippen LogP contribution in [-0.2, 0) is 11.3 Å². The number of H-pyrrole nitrogens is 1. The van der Waals surface area contributed by atoms with Gasteiger partial charge in [-0.25, -0.2) is 4.79 Å². The number of carbonyl (C=O) groups excluding carboxylic acids is 1. The van der Waals surface area contributed by atoms with Crippen molar-refractivity contribution in [3.63, 3.8) is 0 Å². The molecule has 1 aromatic heterocycles. The van der Waals surface area contributed by atoms with E-state index in [2.05, 4.69) is 10.3 Å². The third-order valence-electron chi connectivity index (χ3n) is 4.95. The maximum Gasteiger partial charge on any atom is 0.329 e. The molecule has 2 N–H and O–H groups in total. The summed E-state index contributed by atoms with van der Waals surface area (Å²) in [7, 11) is 1.94. The number of aromatic amines is 1. The molecule has 0 saturated carbocycles. The van der Waals surface area contributed by atoms with Crippen molar-refractivity contribution in [2.75, 3.05) is 26.7 Å². The van der Waals surface area contributed by atoms with Crippen LogP contribution in [0.3, 0.4) is 0 Å². The van der Waals surface area contributed by atoms with Gasteiger partial charge in [0.25, 0.3) is 5.56 Å². The number of hydrogen-bond acceptors (Lipinski definition) is 4. The molecule has 1 amide bonds. The average molecular weight is 344 g/mol. The second-order valence-corrected chi connectivity index (χ2v) is 6.58. The van der Waals surface area contributed by atoms with Crippen molar-refractivity contribution in [1.29, 1.82) is 0 Å². The van der Waals surface area contributed by atoms with Crippen molar-refractivity contribution in [3.8, 4) is 0 Å². The molecule has 7 nitrogen and oxygen atoms in total. The predicted molar refractivity (Wildman–Crippen MR) is 96.7 cm³/mol. The van der Waals surface area contributed by atoms with E-state index in [1.165, 1.54) is 0 Å². The molecule has 0 atom stereocenters. The van der Waals surface area contributed by atoms with E-state index in [1.54, 1.807) is 29.2 Å². The fourth-order valence-corrected chi connectivity index (χ4v) is 3.40. The number of aromatic nitrogens is 2. The van der Waals surface area contributed by atoms with Gasteiger partial charge in [-0.1, -0.05) is 12.1 Å². The zero-order chi connectivity index (χ0) is 17.8. The Kier molecular flexibility index (Phi) is 5.33. The minimum Gasteiger partial charge on any atom is -0.341 e. The maximum atomic E-state index is 12.5. The average Bonchev–Trinajstić information content (AvgIpc) is 2.63. The van der Waals surface area contributed by atoms with E-state index in [9.17, 15) is 14.4 Å². The molecule has 1 saturated heterocycles. The van der Waals surface area contributed by atoms with Gasteiger partial charge in [-0.15, -0.1) is 0 Å². The smallest absolute Gasteiger partial charge is 0.329 e. The van der Waals surface area contributed by atoms with Gasteiger partial charge in [-0.3, -0.25) is 14.2 Å². The van der Waals surface area contributed by atoms with E-state index in [-0.39, 0.29) is 12.5 Å². The minimum absolute atomic E-state index is 0.171. The SMILES string of the molecule is CNCCC1CCN(C(=O)Cn2c(=O)[nH]c3ccccc3c2=O)CC1. The summed E-state index contributed by atoms with van der Waals surface area (Å²) in [5.74, 6) is 0.457. The molecule has 2 aromatic rings. The molecular weight excluding hydrogens is 320 g/mol. The first-order valence-corrected chi connectivity index (χ1v) is 8.74. The molecule has 7 heteroatoms. The first kappa shape index (κ1) is 17.4. The Labute approximate surface area is 145 Å². The summed E-state index contributed by atoms with van der Waals surface area (Å²) < 4.78 is 0.998. The highest BCUT2D eigenvalue weighted by Gasteiger charge is 2.23. The van der Waals surface area contributed by atoms with Gasteiger partial charge in [-0.2, -0.15) is 0 Å². The van der Waals surface area contributed by atoms with E-state index in [0.717, 1.165) is 30.4 Å². The van der Waals surface area contributed by atoms with Crippen LogP contribution in [0.15, 0.2) is 33.9 Å². The van der Waals surface area contributed by atoms with Crippen molar-refractivity contribution < 1.29 is 4.79 Å². The lowest BCUT2D eigenvalue weighted by Gasteiger charge is -2.32. The number of nitrogens with zero attached hydrogens (tertiary/aromatic N) is 2. The van der Waals surface area contributed by atoms with Gasteiger partial charge < -0.3 is 15.2 Å². The number of benzene rings is 1. The largest absolute Gasteiger partial charge is 0.341 e. The molecule has 1 aromatic carbocycles. The number of para-hydroxylation sites is 1. The highest BCUT2D eigenvalue weighted by atomic mass is 16.2. The Hall–Kier alpha value is -2.41. The molecule has 1 aliphatic heterocycles. The molecule has 0 aliphatic carbocycles. The maximum absolute atomic E-state index is 12.5. The van der Waals surface area contributed by atoms with E-state index in [0.29, 0.717) is 29.9 Å². The molecule has 2 heterocycles. The van der Waals surface area contributed by atoms with Crippen LogP contribution in [0.5, 0.6) is 0 Å². The van der Waals surface area contributed by atoms with Crippen molar-refractivity contribution in [3.05, 3.63) is 45.1 Å². The van der Waals surface area contributed by atoms with Gasteiger partial charge in [0.05, 0.1) is 10.9 Å². The van der Waals surface area contributed by atoms with Crippen molar-refractivity contribution >= 4 is 16.8 Å². The summed E-state index contributed by atoms with van der Waals surface area (Å²) in [5, 5.41) is 3.57. The summed E-state index contributed by atoms with van der Waals surface area (Å²) in [5.41, 5.74) is -0.468. The third-order valence-corrected chi connectivity index (χ3v) is 4.95. The number of amides is 1. The molecule has 0 radical (unpaired) electrons. The Bertz CT molecular complexity index is 862. The van der Waals surface area contributed by atoms with Crippen molar-refractivity contribution in [2.24, 2.45) is 5.92 Å². The van der Waals surface area contributed by atoms with Gasteiger partial charge >= 0.3 is 5.69 Å². The molecule has 25 heavy (non-hydrogen) atoms. The predicted octanol–water partition coefficient (Wildman–Crippen LogP) is 0.538. The van der Waals surface area contributed by atoms with Crippen LogP contribution in [0, 0.1) is 5.92 Å². The second kappa shape index (κ2) is 7.65. The lowest BCUT2D eigenvalue weighted by Crippen LogP contribution is -2.45. The summed E-state index contributed by atoms with van der Waals surface area (Å²) >= 11 is 0. The lowest BCUT2D eigenvalue weighted by atomic mass is 9.93. The Morgan fingerprint density at radius 1 is 1.24 bits per heavy atom. The van der Waals surface area contributed by atoms with Crippen molar-refractivity contribution in [2.45, 2.75) is 25.8 Å². The molecule has 1 aliphatic rings. The van der Waals surface area contributed by atoms with Crippen LogP contribution in [0.1, 0.15) is 19.3 Å². The number of likely N-dealkylation sites (tertiary alicyclic amines) is 1. The number of hydrogen-bond donors (Lipinski definition) is 2. The fraction of sp³-hybridized carbons (Fsp3) is 0.500. The zero-order valence-corrected chi connectivity index (χ0v) is 14.5. The van der Waals surface area contributed by atoms with Gasteiger partial charge in [0.15, 0.2) is 0 Å². The topological polar surface area (TPSA) is 87.2 Å². The van der Waals surface area contributed by atoms with E-state index in [4.69, 9.17) is 0 Å².